The number of rotatable bonds is 6. The van der Waals surface area contributed by atoms with Gasteiger partial charge in [-0.15, -0.1) is 0 Å². The highest BCUT2D eigenvalue weighted by Gasteiger charge is 2.68. The molecule has 8 heteroatoms. The lowest BCUT2D eigenvalue weighted by atomic mass is 9.75. The Morgan fingerprint density at radius 2 is 1.94 bits per heavy atom. The molecule has 0 spiro atoms. The van der Waals surface area contributed by atoms with Crippen LogP contribution >= 0.6 is 11.8 Å². The molecule has 1 aliphatic carbocycles. The zero-order valence-electron chi connectivity index (χ0n) is 17.4. The van der Waals surface area contributed by atoms with Crippen molar-refractivity contribution in [2.75, 3.05) is 20.1 Å². The largest absolute Gasteiger partial charge is 0.460 e. The maximum absolute atomic E-state index is 13.6. The molecule has 2 heterocycles. The molecule has 164 valence electrons. The topological polar surface area (TPSA) is 84.9 Å². The normalized spacial score (nSPS) is 28.9. The van der Waals surface area contributed by atoms with Crippen LogP contribution in [0.15, 0.2) is 54.6 Å². The van der Waals surface area contributed by atoms with E-state index in [-0.39, 0.29) is 19.1 Å². The quantitative estimate of drug-likeness (QED) is 0.678. The number of imide groups is 1. The third-order valence-corrected chi connectivity index (χ3v) is 7.31. The lowest BCUT2D eigenvalue weighted by Crippen LogP contribution is -2.59. The van der Waals surface area contributed by atoms with Crippen LogP contribution < -0.4 is 5.32 Å². The lowest BCUT2D eigenvalue weighted by Gasteiger charge is -2.44. The SMILES string of the molecule is CN1C(=O)SC(OC2CCNCC2)(C2(C(=O)OCc3ccccc3)C=CC=CC2)C1=O. The average molecular weight is 443 g/mol. The van der Waals surface area contributed by atoms with E-state index in [0.717, 1.165) is 35.3 Å². The molecule has 0 saturated carbocycles. The highest BCUT2D eigenvalue weighted by molar-refractivity contribution is 8.16. The number of amides is 2. The Labute approximate surface area is 185 Å². The minimum atomic E-state index is -1.70. The van der Waals surface area contributed by atoms with Gasteiger partial charge in [0.15, 0.2) is 0 Å². The van der Waals surface area contributed by atoms with Gasteiger partial charge in [0.2, 0.25) is 4.93 Å². The molecule has 2 saturated heterocycles. The standard InChI is InChI=1S/C23H26N2O5S/c1-25-19(26)23(31-21(25)28,30-18-10-14-24-15-11-18)22(12-6-3-7-13-22)20(27)29-16-17-8-4-2-5-9-17/h2-9,12,18,24H,10-11,13-16H2,1H3. The predicted molar refractivity (Wildman–Crippen MR) is 117 cm³/mol. The highest BCUT2D eigenvalue weighted by atomic mass is 32.2. The summed E-state index contributed by atoms with van der Waals surface area (Å²) in [5.41, 5.74) is -0.600. The molecule has 2 aliphatic heterocycles. The molecule has 2 atom stereocenters. The summed E-state index contributed by atoms with van der Waals surface area (Å²) in [6.07, 6.45) is 8.38. The minimum absolute atomic E-state index is 0.0745. The Balaban J connectivity index is 1.70. The molecule has 7 nitrogen and oxygen atoms in total. The van der Waals surface area contributed by atoms with Gasteiger partial charge in [-0.2, -0.15) is 0 Å². The average Bonchev–Trinajstić information content (AvgIpc) is 3.03. The number of allylic oxidation sites excluding steroid dienone is 3. The molecule has 1 N–H and O–H groups in total. The first-order chi connectivity index (χ1) is 15.0. The Hall–Kier alpha value is -2.42. The van der Waals surface area contributed by atoms with E-state index in [1.165, 1.54) is 7.05 Å². The molecule has 3 aliphatic rings. The molecule has 2 unspecified atom stereocenters. The Morgan fingerprint density at radius 3 is 2.55 bits per heavy atom. The van der Waals surface area contributed by atoms with Gasteiger partial charge in [0, 0.05) is 7.05 Å². The zero-order valence-corrected chi connectivity index (χ0v) is 18.2. The number of hydrogen-bond acceptors (Lipinski definition) is 7. The van der Waals surface area contributed by atoms with Crippen molar-refractivity contribution < 1.29 is 23.9 Å². The number of nitrogens with zero attached hydrogens (tertiary/aromatic N) is 1. The fraction of sp³-hybridized carbons (Fsp3) is 0.435. The van der Waals surface area contributed by atoms with Crippen LogP contribution in [0.1, 0.15) is 24.8 Å². The number of piperidine rings is 1. The van der Waals surface area contributed by atoms with Crippen LogP contribution in [0.25, 0.3) is 0 Å². The van der Waals surface area contributed by atoms with Crippen LogP contribution in [0.4, 0.5) is 4.79 Å². The number of carbonyl (C=O) groups is 3. The van der Waals surface area contributed by atoms with Gasteiger partial charge in [-0.1, -0.05) is 54.6 Å². The Morgan fingerprint density at radius 1 is 1.19 bits per heavy atom. The third-order valence-electron chi connectivity index (χ3n) is 5.94. The van der Waals surface area contributed by atoms with Gasteiger partial charge >= 0.3 is 5.97 Å². The van der Waals surface area contributed by atoms with Gasteiger partial charge in [0.1, 0.15) is 12.0 Å². The number of carbonyl (C=O) groups excluding carboxylic acids is 3. The Bertz CT molecular complexity index is 912. The summed E-state index contributed by atoms with van der Waals surface area (Å²) in [5.74, 6) is -1.09. The van der Waals surface area contributed by atoms with Crippen molar-refractivity contribution >= 4 is 28.9 Å². The van der Waals surface area contributed by atoms with Crippen LogP contribution in [0.5, 0.6) is 0 Å². The van der Waals surface area contributed by atoms with E-state index in [4.69, 9.17) is 9.47 Å². The summed E-state index contributed by atoms with van der Waals surface area (Å²) in [6, 6.07) is 9.36. The van der Waals surface area contributed by atoms with E-state index in [9.17, 15) is 14.4 Å². The monoisotopic (exact) mass is 442 g/mol. The first-order valence-corrected chi connectivity index (χ1v) is 11.3. The molecule has 0 bridgehead atoms. The van der Waals surface area contributed by atoms with Crippen LogP contribution in [-0.4, -0.2) is 53.2 Å². The number of ether oxygens (including phenoxy) is 2. The van der Waals surface area contributed by atoms with Crippen molar-refractivity contribution in [1.82, 2.24) is 10.2 Å². The van der Waals surface area contributed by atoms with Crippen molar-refractivity contribution in [3.8, 4) is 0 Å². The van der Waals surface area contributed by atoms with Crippen molar-refractivity contribution in [2.24, 2.45) is 5.41 Å². The number of thioether (sulfide) groups is 1. The predicted octanol–water partition coefficient (Wildman–Crippen LogP) is 3.02. The number of benzene rings is 1. The van der Waals surface area contributed by atoms with Gasteiger partial charge in [0.05, 0.1) is 6.10 Å². The fourth-order valence-corrected chi connectivity index (χ4v) is 5.44. The van der Waals surface area contributed by atoms with E-state index in [2.05, 4.69) is 5.32 Å². The van der Waals surface area contributed by atoms with E-state index in [1.54, 1.807) is 12.2 Å². The third kappa shape index (κ3) is 3.95. The second-order valence-electron chi connectivity index (χ2n) is 7.94. The van der Waals surface area contributed by atoms with E-state index in [1.807, 2.05) is 42.5 Å². The first-order valence-electron chi connectivity index (χ1n) is 10.4. The van der Waals surface area contributed by atoms with E-state index >= 15 is 0 Å². The van der Waals surface area contributed by atoms with Crippen molar-refractivity contribution in [3.63, 3.8) is 0 Å². The molecule has 31 heavy (non-hydrogen) atoms. The minimum Gasteiger partial charge on any atom is -0.460 e. The second-order valence-corrected chi connectivity index (χ2v) is 9.07. The molecule has 4 rings (SSSR count). The van der Waals surface area contributed by atoms with Crippen LogP contribution in [-0.2, 0) is 25.7 Å². The summed E-state index contributed by atoms with van der Waals surface area (Å²) >= 11 is 0.787. The van der Waals surface area contributed by atoms with Crippen LogP contribution in [0.2, 0.25) is 0 Å². The highest BCUT2D eigenvalue weighted by Crippen LogP contribution is 2.55. The van der Waals surface area contributed by atoms with Crippen molar-refractivity contribution in [1.29, 1.82) is 0 Å². The summed E-state index contributed by atoms with van der Waals surface area (Å²) in [6.45, 7) is 1.58. The molecule has 2 fully saturated rings. The summed E-state index contributed by atoms with van der Waals surface area (Å²) in [5, 5.41) is 2.83. The molecule has 1 aromatic rings. The fourth-order valence-electron chi connectivity index (χ4n) is 4.15. The number of esters is 1. The molecule has 0 aromatic heterocycles. The number of likely N-dealkylation sites (N-methyl/N-ethyl adjacent to an activating group) is 1. The van der Waals surface area contributed by atoms with Gasteiger partial charge in [0.25, 0.3) is 11.1 Å². The van der Waals surface area contributed by atoms with Gasteiger partial charge in [-0.3, -0.25) is 19.3 Å². The molecule has 1 aromatic carbocycles. The number of hydrogen-bond donors (Lipinski definition) is 1. The lowest BCUT2D eigenvalue weighted by molar-refractivity contribution is -0.180. The molecular weight excluding hydrogens is 416 g/mol. The molecule has 2 amide bonds. The van der Waals surface area contributed by atoms with E-state index < -0.39 is 27.5 Å². The second kappa shape index (κ2) is 8.98. The molecular formula is C23H26N2O5S. The summed E-state index contributed by atoms with van der Waals surface area (Å²) in [7, 11) is 1.43. The van der Waals surface area contributed by atoms with Gasteiger partial charge in [-0.25, -0.2) is 0 Å². The smallest absolute Gasteiger partial charge is 0.321 e. The van der Waals surface area contributed by atoms with Crippen LogP contribution in [0, 0.1) is 5.41 Å². The van der Waals surface area contributed by atoms with Crippen molar-refractivity contribution in [3.05, 3.63) is 60.2 Å². The summed E-state index contributed by atoms with van der Waals surface area (Å²) in [4.78, 5) is 39.0. The number of nitrogens with one attached hydrogen (secondary N) is 1. The first kappa shape index (κ1) is 21.8. The van der Waals surface area contributed by atoms with E-state index in [0.29, 0.717) is 12.8 Å². The molecule has 0 radical (unpaired) electrons. The maximum Gasteiger partial charge on any atom is 0.321 e. The summed E-state index contributed by atoms with van der Waals surface area (Å²) < 4.78 is 12.1. The maximum atomic E-state index is 13.6. The zero-order chi connectivity index (χ0) is 21.9. The Kier molecular flexibility index (Phi) is 6.31. The van der Waals surface area contributed by atoms with Crippen molar-refractivity contribution in [2.45, 2.75) is 36.9 Å². The van der Waals surface area contributed by atoms with Gasteiger partial charge in [-0.05, 0) is 49.7 Å². The van der Waals surface area contributed by atoms with Crippen LogP contribution in [0.3, 0.4) is 0 Å². The van der Waals surface area contributed by atoms with Gasteiger partial charge < -0.3 is 14.8 Å².